The lowest BCUT2D eigenvalue weighted by molar-refractivity contribution is -0.385. The van der Waals surface area contributed by atoms with Crippen LogP contribution < -0.4 is 20.7 Å². The summed E-state index contributed by atoms with van der Waals surface area (Å²) in [6.07, 6.45) is 1.55. The molecule has 0 spiro atoms. The van der Waals surface area contributed by atoms with Gasteiger partial charge in [0.2, 0.25) is 5.91 Å². The van der Waals surface area contributed by atoms with Crippen LogP contribution in [0.3, 0.4) is 0 Å². The fourth-order valence-corrected chi connectivity index (χ4v) is 1.53. The van der Waals surface area contributed by atoms with Crippen LogP contribution in [0.1, 0.15) is 19.3 Å². The number of hydrogen-bond donors (Lipinski definition) is 2. The van der Waals surface area contributed by atoms with E-state index < -0.39 is 4.92 Å². The molecule has 0 bridgehead atoms. The zero-order valence-electron chi connectivity index (χ0n) is 11.1. The van der Waals surface area contributed by atoms with Crippen LogP contribution in [-0.2, 0) is 4.79 Å². The van der Waals surface area contributed by atoms with Crippen molar-refractivity contribution < 1.29 is 19.2 Å². The van der Waals surface area contributed by atoms with Crippen molar-refractivity contribution >= 4 is 11.6 Å². The van der Waals surface area contributed by atoms with Gasteiger partial charge < -0.3 is 9.47 Å². The van der Waals surface area contributed by atoms with Gasteiger partial charge in [0.15, 0.2) is 11.5 Å². The summed E-state index contributed by atoms with van der Waals surface area (Å²) in [6, 6.07) is 4.14. The van der Waals surface area contributed by atoms with Crippen LogP contribution in [0.5, 0.6) is 11.5 Å². The first-order chi connectivity index (χ1) is 9.58. The van der Waals surface area contributed by atoms with E-state index in [1.807, 2.05) is 5.43 Å². The van der Waals surface area contributed by atoms with Gasteiger partial charge in [-0.2, -0.15) is 0 Å². The van der Waals surface area contributed by atoms with E-state index >= 15 is 0 Å². The largest absolute Gasteiger partial charge is 0.493 e. The molecule has 0 radical (unpaired) electrons. The van der Waals surface area contributed by atoms with Gasteiger partial charge in [-0.3, -0.25) is 20.3 Å². The van der Waals surface area contributed by atoms with E-state index in [0.29, 0.717) is 37.4 Å². The topological polar surface area (TPSA) is 117 Å². The van der Waals surface area contributed by atoms with Gasteiger partial charge in [0.1, 0.15) is 0 Å². The Bertz CT molecular complexity index is 478. The third-order valence-corrected chi connectivity index (χ3v) is 2.57. The number of hydrazine groups is 1. The SMILES string of the molecule is COc1ccc([N+](=O)[O-])cc1OCCCCC(=O)NN. The molecule has 1 aromatic carbocycles. The second kappa shape index (κ2) is 7.95. The number of non-ortho nitro benzene ring substituents is 1. The Labute approximate surface area is 116 Å². The number of nitrogens with one attached hydrogen (secondary N) is 1. The Hall–Kier alpha value is -2.35. The molecule has 0 atom stereocenters. The fraction of sp³-hybridized carbons (Fsp3) is 0.417. The number of carbonyl (C=O) groups is 1. The van der Waals surface area contributed by atoms with Gasteiger partial charge in [-0.15, -0.1) is 0 Å². The number of nitrogens with zero attached hydrogens (tertiary/aromatic N) is 1. The molecule has 1 amide bonds. The van der Waals surface area contributed by atoms with Crippen molar-refractivity contribution in [2.75, 3.05) is 13.7 Å². The number of carbonyl (C=O) groups excluding carboxylic acids is 1. The monoisotopic (exact) mass is 283 g/mol. The van der Waals surface area contributed by atoms with Crippen LogP contribution in [-0.4, -0.2) is 24.5 Å². The highest BCUT2D eigenvalue weighted by molar-refractivity contribution is 5.75. The van der Waals surface area contributed by atoms with E-state index in [-0.39, 0.29) is 11.6 Å². The molecule has 0 heterocycles. The van der Waals surface area contributed by atoms with Gasteiger partial charge in [0, 0.05) is 12.5 Å². The number of nitro benzene ring substituents is 1. The molecule has 110 valence electrons. The van der Waals surface area contributed by atoms with Crippen LogP contribution in [0.4, 0.5) is 5.69 Å². The molecule has 0 aromatic heterocycles. The molecule has 0 aliphatic heterocycles. The molecule has 0 aliphatic carbocycles. The smallest absolute Gasteiger partial charge is 0.273 e. The van der Waals surface area contributed by atoms with Crippen molar-refractivity contribution in [1.82, 2.24) is 5.43 Å². The van der Waals surface area contributed by atoms with Crippen molar-refractivity contribution in [3.8, 4) is 11.5 Å². The lowest BCUT2D eigenvalue weighted by Crippen LogP contribution is -2.29. The van der Waals surface area contributed by atoms with Crippen molar-refractivity contribution in [3.63, 3.8) is 0 Å². The van der Waals surface area contributed by atoms with Gasteiger partial charge in [0.05, 0.1) is 24.7 Å². The number of nitrogens with two attached hydrogens (primary N) is 1. The summed E-state index contributed by atoms with van der Waals surface area (Å²) in [7, 11) is 1.46. The molecule has 8 heteroatoms. The first-order valence-electron chi connectivity index (χ1n) is 6.03. The minimum Gasteiger partial charge on any atom is -0.493 e. The molecule has 3 N–H and O–H groups in total. The average molecular weight is 283 g/mol. The molecule has 1 rings (SSSR count). The van der Waals surface area contributed by atoms with Crippen LogP contribution in [0, 0.1) is 10.1 Å². The Morgan fingerprint density at radius 3 is 2.75 bits per heavy atom. The maximum Gasteiger partial charge on any atom is 0.273 e. The zero-order valence-corrected chi connectivity index (χ0v) is 11.1. The van der Waals surface area contributed by atoms with Crippen molar-refractivity contribution in [2.45, 2.75) is 19.3 Å². The third-order valence-electron chi connectivity index (χ3n) is 2.57. The molecule has 20 heavy (non-hydrogen) atoms. The average Bonchev–Trinajstić information content (AvgIpc) is 2.46. The van der Waals surface area contributed by atoms with E-state index in [0.717, 1.165) is 0 Å². The first-order valence-corrected chi connectivity index (χ1v) is 6.03. The van der Waals surface area contributed by atoms with Gasteiger partial charge in [0.25, 0.3) is 5.69 Å². The number of benzene rings is 1. The highest BCUT2D eigenvalue weighted by atomic mass is 16.6. The summed E-state index contributed by atoms with van der Waals surface area (Å²) < 4.78 is 10.5. The van der Waals surface area contributed by atoms with Crippen LogP contribution in [0.2, 0.25) is 0 Å². The maximum absolute atomic E-state index is 10.9. The van der Waals surface area contributed by atoms with E-state index in [2.05, 4.69) is 0 Å². The number of methoxy groups -OCH3 is 1. The molecule has 8 nitrogen and oxygen atoms in total. The van der Waals surface area contributed by atoms with Gasteiger partial charge >= 0.3 is 0 Å². The second-order valence-electron chi connectivity index (χ2n) is 3.97. The molecule has 0 fully saturated rings. The Balaban J connectivity index is 2.51. The molecule has 0 saturated heterocycles. The molecular weight excluding hydrogens is 266 g/mol. The number of ether oxygens (including phenoxy) is 2. The highest BCUT2D eigenvalue weighted by Gasteiger charge is 2.12. The summed E-state index contributed by atoms with van der Waals surface area (Å²) in [5.41, 5.74) is 1.97. The molecule has 1 aromatic rings. The maximum atomic E-state index is 10.9. The van der Waals surface area contributed by atoms with Gasteiger partial charge in [-0.1, -0.05) is 0 Å². The second-order valence-corrected chi connectivity index (χ2v) is 3.97. The highest BCUT2D eigenvalue weighted by Crippen LogP contribution is 2.31. The lowest BCUT2D eigenvalue weighted by atomic mass is 10.2. The van der Waals surface area contributed by atoms with Crippen LogP contribution in [0.25, 0.3) is 0 Å². The summed E-state index contributed by atoms with van der Waals surface area (Å²) in [5, 5.41) is 10.7. The van der Waals surface area contributed by atoms with E-state index in [1.54, 1.807) is 0 Å². The van der Waals surface area contributed by atoms with E-state index in [1.165, 1.54) is 25.3 Å². The number of amides is 1. The number of unbranched alkanes of at least 4 members (excludes halogenated alkanes) is 1. The molecule has 0 aliphatic rings. The summed E-state index contributed by atoms with van der Waals surface area (Å²) >= 11 is 0. The van der Waals surface area contributed by atoms with Gasteiger partial charge in [-0.05, 0) is 18.9 Å². The first kappa shape index (κ1) is 15.7. The Morgan fingerprint density at radius 1 is 1.40 bits per heavy atom. The molecule has 0 unspecified atom stereocenters. The quantitative estimate of drug-likeness (QED) is 0.243. The van der Waals surface area contributed by atoms with Gasteiger partial charge in [-0.25, -0.2) is 5.84 Å². The normalized spacial score (nSPS) is 9.90. The standard InChI is InChI=1S/C12H17N3O5/c1-19-10-6-5-9(15(17)18)8-11(10)20-7-3-2-4-12(16)14-13/h5-6,8H,2-4,7,13H2,1H3,(H,14,16). The van der Waals surface area contributed by atoms with Crippen molar-refractivity contribution in [1.29, 1.82) is 0 Å². The van der Waals surface area contributed by atoms with E-state index in [4.69, 9.17) is 15.3 Å². The predicted molar refractivity (Wildman–Crippen MR) is 71.3 cm³/mol. The summed E-state index contributed by atoms with van der Waals surface area (Å²) in [4.78, 5) is 21.1. The lowest BCUT2D eigenvalue weighted by Gasteiger charge is -2.10. The number of hydrogen-bond acceptors (Lipinski definition) is 6. The molecular formula is C12H17N3O5. The van der Waals surface area contributed by atoms with Crippen molar-refractivity contribution in [3.05, 3.63) is 28.3 Å². The number of rotatable bonds is 8. The number of nitro groups is 1. The fourth-order valence-electron chi connectivity index (χ4n) is 1.53. The summed E-state index contributed by atoms with van der Waals surface area (Å²) in [5.74, 6) is 5.45. The Morgan fingerprint density at radius 2 is 2.15 bits per heavy atom. The van der Waals surface area contributed by atoms with Crippen LogP contribution in [0.15, 0.2) is 18.2 Å². The predicted octanol–water partition coefficient (Wildman–Crippen LogP) is 1.14. The van der Waals surface area contributed by atoms with Crippen molar-refractivity contribution in [2.24, 2.45) is 5.84 Å². The van der Waals surface area contributed by atoms with Crippen LogP contribution >= 0.6 is 0 Å². The molecule has 0 saturated carbocycles. The minimum absolute atomic E-state index is 0.0664. The Kier molecular flexibility index (Phi) is 6.24. The van der Waals surface area contributed by atoms with E-state index in [9.17, 15) is 14.9 Å². The zero-order chi connectivity index (χ0) is 15.0. The third kappa shape index (κ3) is 4.73. The minimum atomic E-state index is -0.502. The summed E-state index contributed by atoms with van der Waals surface area (Å²) in [6.45, 7) is 0.329.